The standard InChI is InChI=1S/C13H15N5O2S/c1-10-9-21-13(15-10)17-7-5-16(6-8-17)12-11(18(19)20)3-2-4-14-12/h2-4,9H,5-8H2,1H3. The summed E-state index contributed by atoms with van der Waals surface area (Å²) in [4.78, 5) is 23.5. The van der Waals surface area contributed by atoms with Gasteiger partial charge in [0.05, 0.1) is 10.6 Å². The van der Waals surface area contributed by atoms with Gasteiger partial charge in [-0.15, -0.1) is 11.3 Å². The minimum atomic E-state index is -0.376. The zero-order valence-electron chi connectivity index (χ0n) is 11.6. The minimum Gasteiger partial charge on any atom is -0.347 e. The van der Waals surface area contributed by atoms with Crippen LogP contribution < -0.4 is 9.80 Å². The summed E-state index contributed by atoms with van der Waals surface area (Å²) < 4.78 is 0. The molecule has 0 aliphatic carbocycles. The average Bonchev–Trinajstić information content (AvgIpc) is 2.94. The fourth-order valence-electron chi connectivity index (χ4n) is 2.37. The lowest BCUT2D eigenvalue weighted by molar-refractivity contribution is -0.384. The van der Waals surface area contributed by atoms with E-state index >= 15 is 0 Å². The molecule has 0 spiro atoms. The van der Waals surface area contributed by atoms with E-state index < -0.39 is 0 Å². The van der Waals surface area contributed by atoms with Crippen LogP contribution in [0, 0.1) is 17.0 Å². The van der Waals surface area contributed by atoms with Gasteiger partial charge in [-0.25, -0.2) is 9.97 Å². The van der Waals surface area contributed by atoms with E-state index in [1.165, 1.54) is 6.07 Å². The Bertz CT molecular complexity index is 652. The average molecular weight is 305 g/mol. The molecule has 0 unspecified atom stereocenters. The van der Waals surface area contributed by atoms with Crippen molar-refractivity contribution in [3.8, 4) is 0 Å². The van der Waals surface area contributed by atoms with Gasteiger partial charge < -0.3 is 9.80 Å². The van der Waals surface area contributed by atoms with Crippen LogP contribution in [0.15, 0.2) is 23.7 Å². The van der Waals surface area contributed by atoms with E-state index in [9.17, 15) is 10.1 Å². The Labute approximate surface area is 126 Å². The summed E-state index contributed by atoms with van der Waals surface area (Å²) in [5, 5.41) is 14.1. The first kappa shape index (κ1) is 13.7. The number of aryl methyl sites for hydroxylation is 1. The van der Waals surface area contributed by atoms with Crippen molar-refractivity contribution in [3.05, 3.63) is 39.5 Å². The first-order valence-corrected chi connectivity index (χ1v) is 7.54. The number of anilines is 2. The zero-order valence-corrected chi connectivity index (χ0v) is 12.4. The van der Waals surface area contributed by atoms with Gasteiger partial charge in [0.25, 0.3) is 0 Å². The number of thiazole rings is 1. The molecule has 1 aliphatic rings. The molecule has 1 saturated heterocycles. The van der Waals surface area contributed by atoms with Crippen molar-refractivity contribution in [2.75, 3.05) is 36.0 Å². The van der Waals surface area contributed by atoms with Crippen LogP contribution in [0.2, 0.25) is 0 Å². The fourth-order valence-corrected chi connectivity index (χ4v) is 3.23. The predicted octanol–water partition coefficient (Wildman–Crippen LogP) is 2.08. The second-order valence-electron chi connectivity index (χ2n) is 4.85. The van der Waals surface area contributed by atoms with E-state index in [1.807, 2.05) is 17.2 Å². The lowest BCUT2D eigenvalue weighted by Gasteiger charge is -2.34. The molecule has 2 aromatic heterocycles. The van der Waals surface area contributed by atoms with E-state index in [2.05, 4.69) is 14.9 Å². The van der Waals surface area contributed by atoms with Crippen LogP contribution in [0.1, 0.15) is 5.69 Å². The first-order chi connectivity index (χ1) is 10.1. The van der Waals surface area contributed by atoms with Crippen LogP contribution in [-0.2, 0) is 0 Å². The molecule has 8 heteroatoms. The molecule has 0 saturated carbocycles. The molecular weight excluding hydrogens is 290 g/mol. The summed E-state index contributed by atoms with van der Waals surface area (Å²) in [5.41, 5.74) is 1.09. The monoisotopic (exact) mass is 305 g/mol. The van der Waals surface area contributed by atoms with Crippen LogP contribution in [0.4, 0.5) is 16.6 Å². The zero-order chi connectivity index (χ0) is 14.8. The SMILES string of the molecule is Cc1csc(N2CCN(c3ncccc3[N+](=O)[O-])CC2)n1. The highest BCUT2D eigenvalue weighted by Gasteiger charge is 2.25. The van der Waals surface area contributed by atoms with Crippen LogP contribution in [0.5, 0.6) is 0 Å². The number of aromatic nitrogens is 2. The highest BCUT2D eigenvalue weighted by atomic mass is 32.1. The summed E-state index contributed by atoms with van der Waals surface area (Å²) in [6.07, 6.45) is 1.60. The Morgan fingerprint density at radius 3 is 2.62 bits per heavy atom. The van der Waals surface area contributed by atoms with Gasteiger partial charge in [-0.2, -0.15) is 0 Å². The smallest absolute Gasteiger partial charge is 0.311 e. The lowest BCUT2D eigenvalue weighted by Crippen LogP contribution is -2.47. The largest absolute Gasteiger partial charge is 0.347 e. The van der Waals surface area contributed by atoms with Gasteiger partial charge in [-0.1, -0.05) is 0 Å². The number of pyridine rings is 1. The Hall–Kier alpha value is -2.22. The molecule has 0 N–H and O–H groups in total. The highest BCUT2D eigenvalue weighted by Crippen LogP contribution is 2.27. The summed E-state index contributed by atoms with van der Waals surface area (Å²) in [6, 6.07) is 3.09. The molecule has 1 aliphatic heterocycles. The van der Waals surface area contributed by atoms with Gasteiger partial charge in [0.2, 0.25) is 5.82 Å². The van der Waals surface area contributed by atoms with Crippen molar-refractivity contribution in [1.82, 2.24) is 9.97 Å². The molecule has 7 nitrogen and oxygen atoms in total. The molecule has 110 valence electrons. The third-order valence-electron chi connectivity index (χ3n) is 3.42. The van der Waals surface area contributed by atoms with E-state index in [-0.39, 0.29) is 10.6 Å². The third kappa shape index (κ3) is 2.80. The molecular formula is C13H15N5O2S. The number of nitro groups is 1. The first-order valence-electron chi connectivity index (χ1n) is 6.66. The Balaban J connectivity index is 1.73. The second-order valence-corrected chi connectivity index (χ2v) is 5.69. The van der Waals surface area contributed by atoms with Crippen LogP contribution in [0.25, 0.3) is 0 Å². The normalized spacial score (nSPS) is 15.3. The second kappa shape index (κ2) is 5.65. The number of rotatable bonds is 3. The maximum Gasteiger partial charge on any atom is 0.311 e. The molecule has 3 rings (SSSR count). The Morgan fingerprint density at radius 1 is 1.29 bits per heavy atom. The molecule has 0 atom stereocenters. The van der Waals surface area contributed by atoms with Crippen molar-refractivity contribution in [2.24, 2.45) is 0 Å². The third-order valence-corrected chi connectivity index (χ3v) is 4.44. The number of nitrogens with zero attached hydrogens (tertiary/aromatic N) is 5. The molecule has 3 heterocycles. The summed E-state index contributed by atoms with van der Waals surface area (Å²) in [7, 11) is 0. The summed E-state index contributed by atoms with van der Waals surface area (Å²) in [6.45, 7) is 4.97. The number of hydrogen-bond acceptors (Lipinski definition) is 7. The molecule has 0 radical (unpaired) electrons. The molecule has 0 aromatic carbocycles. The number of piperazine rings is 1. The minimum absolute atomic E-state index is 0.0658. The highest BCUT2D eigenvalue weighted by molar-refractivity contribution is 7.13. The maximum absolute atomic E-state index is 11.1. The summed E-state index contributed by atoms with van der Waals surface area (Å²) in [5.74, 6) is 0.456. The molecule has 1 fully saturated rings. The van der Waals surface area contributed by atoms with Gasteiger partial charge in [-0.05, 0) is 13.0 Å². The van der Waals surface area contributed by atoms with E-state index in [1.54, 1.807) is 23.6 Å². The topological polar surface area (TPSA) is 75.4 Å². The molecule has 2 aromatic rings. The lowest BCUT2D eigenvalue weighted by atomic mass is 10.3. The Kier molecular flexibility index (Phi) is 3.70. The Morgan fingerprint density at radius 2 is 2.00 bits per heavy atom. The van der Waals surface area contributed by atoms with Crippen LogP contribution >= 0.6 is 11.3 Å². The van der Waals surface area contributed by atoms with Crippen molar-refractivity contribution < 1.29 is 4.92 Å². The van der Waals surface area contributed by atoms with Gasteiger partial charge >= 0.3 is 5.69 Å². The maximum atomic E-state index is 11.1. The van der Waals surface area contributed by atoms with Crippen molar-refractivity contribution in [3.63, 3.8) is 0 Å². The van der Waals surface area contributed by atoms with E-state index in [0.29, 0.717) is 18.9 Å². The van der Waals surface area contributed by atoms with E-state index in [0.717, 1.165) is 23.9 Å². The molecule has 0 bridgehead atoms. The van der Waals surface area contributed by atoms with E-state index in [4.69, 9.17) is 0 Å². The van der Waals surface area contributed by atoms with Crippen LogP contribution in [0.3, 0.4) is 0 Å². The number of hydrogen-bond donors (Lipinski definition) is 0. The molecule has 0 amide bonds. The van der Waals surface area contributed by atoms with Gasteiger partial charge in [-0.3, -0.25) is 10.1 Å². The summed E-state index contributed by atoms with van der Waals surface area (Å²) >= 11 is 1.63. The van der Waals surface area contributed by atoms with Crippen molar-refractivity contribution in [2.45, 2.75) is 6.92 Å². The predicted molar refractivity (Wildman–Crippen MR) is 82.2 cm³/mol. The van der Waals surface area contributed by atoms with Crippen molar-refractivity contribution in [1.29, 1.82) is 0 Å². The van der Waals surface area contributed by atoms with Gasteiger partial charge in [0, 0.05) is 43.8 Å². The van der Waals surface area contributed by atoms with Crippen molar-refractivity contribution >= 4 is 28.0 Å². The fraction of sp³-hybridized carbons (Fsp3) is 0.385. The quantitative estimate of drug-likeness (QED) is 0.638. The van der Waals surface area contributed by atoms with Crippen LogP contribution in [-0.4, -0.2) is 41.1 Å². The molecule has 21 heavy (non-hydrogen) atoms. The van der Waals surface area contributed by atoms with Gasteiger partial charge in [0.15, 0.2) is 5.13 Å². The van der Waals surface area contributed by atoms with Gasteiger partial charge in [0.1, 0.15) is 0 Å².